The number of fused-ring (bicyclic) bond motifs is 1. The van der Waals surface area contributed by atoms with Crippen molar-refractivity contribution >= 4 is 27.8 Å². The van der Waals surface area contributed by atoms with Gasteiger partial charge in [0.25, 0.3) is 0 Å². The molecule has 0 fully saturated rings. The van der Waals surface area contributed by atoms with Gasteiger partial charge >= 0.3 is 0 Å². The molecule has 4 nitrogen and oxygen atoms in total. The molecule has 2 aromatic rings. The summed E-state index contributed by atoms with van der Waals surface area (Å²) in [6.07, 6.45) is 4.02. The second-order valence-corrected chi connectivity index (χ2v) is 4.80. The quantitative estimate of drug-likeness (QED) is 0.878. The first kappa shape index (κ1) is 10.5. The molecule has 1 atom stereocenters. The van der Waals surface area contributed by atoms with Gasteiger partial charge in [-0.2, -0.15) is 0 Å². The van der Waals surface area contributed by atoms with Gasteiger partial charge in [0, 0.05) is 16.9 Å². The van der Waals surface area contributed by atoms with Crippen LogP contribution < -0.4 is 5.32 Å². The Morgan fingerprint density at radius 3 is 3.06 bits per heavy atom. The van der Waals surface area contributed by atoms with E-state index < -0.39 is 0 Å². The smallest absolute Gasteiger partial charge is 0.229 e. The van der Waals surface area contributed by atoms with E-state index in [1.54, 1.807) is 6.20 Å². The van der Waals surface area contributed by atoms with Gasteiger partial charge in [-0.15, -0.1) is 0 Å². The zero-order valence-electron chi connectivity index (χ0n) is 8.93. The molecule has 1 unspecified atom stereocenters. The molecule has 0 saturated carbocycles. The summed E-state index contributed by atoms with van der Waals surface area (Å²) in [5.74, 6) is 0.617. The Bertz CT molecular complexity index is 579. The number of hydrogen-bond acceptors (Lipinski definition) is 2. The number of nitrogens with zero attached hydrogens (tertiary/aromatic N) is 2. The van der Waals surface area contributed by atoms with E-state index in [2.05, 4.69) is 26.2 Å². The van der Waals surface area contributed by atoms with Crippen molar-refractivity contribution in [3.63, 3.8) is 0 Å². The molecule has 0 bridgehead atoms. The molecule has 0 saturated heterocycles. The van der Waals surface area contributed by atoms with E-state index in [1.807, 2.05) is 35.0 Å². The number of imidazole rings is 1. The van der Waals surface area contributed by atoms with E-state index in [0.29, 0.717) is 12.4 Å². The lowest BCUT2D eigenvalue weighted by molar-refractivity contribution is -0.117. The van der Waals surface area contributed by atoms with E-state index in [9.17, 15) is 4.79 Å². The normalized spacial score (nSPS) is 18.6. The Morgan fingerprint density at radius 2 is 2.24 bits per heavy atom. The van der Waals surface area contributed by atoms with Crippen LogP contribution in [0.25, 0.3) is 0 Å². The van der Waals surface area contributed by atoms with E-state index in [1.165, 1.54) is 0 Å². The lowest BCUT2D eigenvalue weighted by Gasteiger charge is -2.26. The van der Waals surface area contributed by atoms with Crippen LogP contribution >= 0.6 is 15.9 Å². The third-order valence-corrected chi connectivity index (χ3v) is 3.62. The maximum absolute atomic E-state index is 11.6. The summed E-state index contributed by atoms with van der Waals surface area (Å²) in [5, 5.41) is 2.76. The van der Waals surface area contributed by atoms with Gasteiger partial charge < -0.3 is 4.57 Å². The lowest BCUT2D eigenvalue weighted by atomic mass is 10.0. The average molecular weight is 292 g/mol. The van der Waals surface area contributed by atoms with Crippen LogP contribution in [0.2, 0.25) is 0 Å². The third kappa shape index (κ3) is 1.76. The molecule has 1 aliphatic rings. The largest absolute Gasteiger partial charge is 0.309 e. The van der Waals surface area contributed by atoms with Crippen molar-refractivity contribution in [1.29, 1.82) is 0 Å². The minimum atomic E-state index is 0.00412. The predicted octanol–water partition coefficient (Wildman–Crippen LogP) is 2.58. The number of halogens is 1. The number of carbonyl (C=O) groups is 1. The summed E-state index contributed by atoms with van der Waals surface area (Å²) in [7, 11) is 0. The van der Waals surface area contributed by atoms with Gasteiger partial charge in [-0.05, 0) is 11.6 Å². The van der Waals surface area contributed by atoms with E-state index >= 15 is 0 Å². The number of hydrogen-bond donors (Lipinski definition) is 1. The number of anilines is 1. The van der Waals surface area contributed by atoms with E-state index in [-0.39, 0.29) is 11.9 Å². The fourth-order valence-corrected chi connectivity index (χ4v) is 2.67. The molecule has 1 aliphatic heterocycles. The maximum Gasteiger partial charge on any atom is 0.229 e. The summed E-state index contributed by atoms with van der Waals surface area (Å²) in [6.45, 7) is 0. The van der Waals surface area contributed by atoms with Gasteiger partial charge in [0.15, 0.2) is 0 Å². The van der Waals surface area contributed by atoms with Crippen LogP contribution in [0, 0.1) is 0 Å². The maximum atomic E-state index is 11.6. The Morgan fingerprint density at radius 1 is 1.41 bits per heavy atom. The molecule has 1 aromatic carbocycles. The molecule has 1 aromatic heterocycles. The zero-order chi connectivity index (χ0) is 11.8. The molecule has 1 amide bonds. The van der Waals surface area contributed by atoms with Crippen LogP contribution in [0.4, 0.5) is 5.95 Å². The second kappa shape index (κ2) is 4.00. The molecule has 0 spiro atoms. The third-order valence-electron chi connectivity index (χ3n) is 2.90. The molecule has 86 valence electrons. The van der Waals surface area contributed by atoms with Crippen molar-refractivity contribution in [2.45, 2.75) is 12.5 Å². The summed E-state index contributed by atoms with van der Waals surface area (Å²) < 4.78 is 3.00. The van der Waals surface area contributed by atoms with Gasteiger partial charge in [-0.25, -0.2) is 4.98 Å². The molecule has 2 heterocycles. The Labute approximate surface area is 107 Å². The molecular formula is C12H10BrN3O. The van der Waals surface area contributed by atoms with Crippen LogP contribution in [0.15, 0.2) is 41.1 Å². The number of aromatic nitrogens is 2. The standard InChI is InChI=1S/C12H10BrN3O/c13-9-4-2-1-3-8(9)10-7-11(17)15-12-14-5-6-16(10)12/h1-6,10H,7H2,(H,14,15,17). The van der Waals surface area contributed by atoms with Crippen molar-refractivity contribution in [2.75, 3.05) is 5.32 Å². The second-order valence-electron chi connectivity index (χ2n) is 3.95. The van der Waals surface area contributed by atoms with Crippen molar-refractivity contribution in [3.05, 3.63) is 46.7 Å². The summed E-state index contributed by atoms with van der Waals surface area (Å²) in [6, 6.07) is 7.96. The highest BCUT2D eigenvalue weighted by Crippen LogP contribution is 2.33. The minimum absolute atomic E-state index is 0.00412. The Kier molecular flexibility index (Phi) is 2.48. The monoisotopic (exact) mass is 291 g/mol. The van der Waals surface area contributed by atoms with Crippen LogP contribution in [-0.2, 0) is 4.79 Å². The molecule has 3 rings (SSSR count). The Balaban J connectivity index is 2.11. The molecule has 0 aliphatic carbocycles. The highest BCUT2D eigenvalue weighted by Gasteiger charge is 2.27. The molecule has 5 heteroatoms. The number of nitrogens with one attached hydrogen (secondary N) is 1. The summed E-state index contributed by atoms with van der Waals surface area (Å²) in [4.78, 5) is 15.8. The number of rotatable bonds is 1. The number of amides is 1. The van der Waals surface area contributed by atoms with Crippen molar-refractivity contribution in [3.8, 4) is 0 Å². The van der Waals surface area contributed by atoms with Crippen molar-refractivity contribution in [1.82, 2.24) is 9.55 Å². The molecule has 1 N–H and O–H groups in total. The summed E-state index contributed by atoms with van der Waals surface area (Å²) in [5.41, 5.74) is 1.10. The van der Waals surface area contributed by atoms with Gasteiger partial charge in [0.1, 0.15) is 0 Å². The van der Waals surface area contributed by atoms with Gasteiger partial charge in [0.05, 0.1) is 12.5 Å². The predicted molar refractivity (Wildman–Crippen MR) is 67.8 cm³/mol. The van der Waals surface area contributed by atoms with Crippen molar-refractivity contribution in [2.24, 2.45) is 0 Å². The molecular weight excluding hydrogens is 282 g/mol. The van der Waals surface area contributed by atoms with Crippen LogP contribution in [0.3, 0.4) is 0 Å². The minimum Gasteiger partial charge on any atom is -0.309 e. The van der Waals surface area contributed by atoms with E-state index in [0.717, 1.165) is 10.0 Å². The summed E-state index contributed by atoms with van der Waals surface area (Å²) >= 11 is 3.53. The highest BCUT2D eigenvalue weighted by atomic mass is 79.9. The fourth-order valence-electron chi connectivity index (χ4n) is 2.12. The first-order valence-electron chi connectivity index (χ1n) is 5.33. The van der Waals surface area contributed by atoms with Gasteiger partial charge in [-0.1, -0.05) is 34.1 Å². The first-order valence-corrected chi connectivity index (χ1v) is 6.12. The molecule has 17 heavy (non-hydrogen) atoms. The highest BCUT2D eigenvalue weighted by molar-refractivity contribution is 9.10. The van der Waals surface area contributed by atoms with E-state index in [4.69, 9.17) is 0 Å². The topological polar surface area (TPSA) is 46.9 Å². The Hall–Kier alpha value is -1.62. The van der Waals surface area contributed by atoms with Crippen LogP contribution in [0.5, 0.6) is 0 Å². The molecule has 0 radical (unpaired) electrons. The van der Waals surface area contributed by atoms with Crippen LogP contribution in [-0.4, -0.2) is 15.5 Å². The van der Waals surface area contributed by atoms with Crippen LogP contribution in [0.1, 0.15) is 18.0 Å². The average Bonchev–Trinajstić information content (AvgIpc) is 2.76. The van der Waals surface area contributed by atoms with Crippen molar-refractivity contribution < 1.29 is 4.79 Å². The van der Waals surface area contributed by atoms with Gasteiger partial charge in [0.2, 0.25) is 11.9 Å². The number of benzene rings is 1. The first-order chi connectivity index (χ1) is 8.25. The zero-order valence-corrected chi connectivity index (χ0v) is 10.5. The number of carbonyl (C=O) groups excluding carboxylic acids is 1. The fraction of sp³-hybridized carbons (Fsp3) is 0.167. The lowest BCUT2D eigenvalue weighted by Crippen LogP contribution is -2.28. The van der Waals surface area contributed by atoms with Gasteiger partial charge in [-0.3, -0.25) is 10.1 Å². The SMILES string of the molecule is O=C1CC(c2ccccc2Br)n2ccnc2N1.